The van der Waals surface area contributed by atoms with Crippen molar-refractivity contribution in [1.29, 1.82) is 0 Å². The molecule has 0 unspecified atom stereocenters. The number of allylic oxidation sites excluding steroid dienone is 1. The van der Waals surface area contributed by atoms with Crippen molar-refractivity contribution < 1.29 is 9.21 Å². The Morgan fingerprint density at radius 1 is 1.11 bits per heavy atom. The largest absolute Gasteiger partial charge is 0.457 e. The number of hydrogen-bond acceptors (Lipinski definition) is 5. The standard InChI is InChI=1S/C29H25BrClN3O3S/c1-4-33(5-2)28(36)25-17(3)32-29-34(26(25)19-8-12-21(31)13-9-19)27(35)24(38-29)16-22-14-15-23(37-22)18-6-10-20(30)11-7-18/h6-16,26H,4-5H2,1-3H3/b24-16+/t26-/m0/s1. The number of halogens is 2. The fraction of sp³-hybridized carbons (Fsp3) is 0.207. The number of fused-ring (bicyclic) bond motifs is 1. The lowest BCUT2D eigenvalue weighted by Crippen LogP contribution is -2.43. The number of rotatable bonds is 6. The highest BCUT2D eigenvalue weighted by molar-refractivity contribution is 9.10. The third-order valence-corrected chi connectivity index (χ3v) is 8.28. The fourth-order valence-corrected chi connectivity index (χ4v) is 5.98. The number of furan rings is 1. The van der Waals surface area contributed by atoms with E-state index in [-0.39, 0.29) is 11.5 Å². The molecule has 1 amide bonds. The number of likely N-dealkylation sites (N-methyl/N-ethyl adjacent to an activating group) is 1. The second kappa shape index (κ2) is 10.9. The van der Waals surface area contributed by atoms with Gasteiger partial charge in [0.15, 0.2) is 4.80 Å². The zero-order valence-electron chi connectivity index (χ0n) is 21.1. The lowest BCUT2D eigenvalue weighted by molar-refractivity contribution is -0.127. The SMILES string of the molecule is CCN(CC)C(=O)C1=C(C)N=c2s/c(=C/c3ccc(-c4ccc(Br)cc4)o3)c(=O)n2[C@H]1c1ccc(Cl)cc1. The van der Waals surface area contributed by atoms with Gasteiger partial charge in [0.2, 0.25) is 0 Å². The molecule has 0 radical (unpaired) electrons. The van der Waals surface area contributed by atoms with Crippen molar-refractivity contribution in [2.24, 2.45) is 4.99 Å². The predicted octanol–water partition coefficient (Wildman–Crippen LogP) is 5.78. The highest BCUT2D eigenvalue weighted by Crippen LogP contribution is 2.32. The van der Waals surface area contributed by atoms with E-state index < -0.39 is 6.04 Å². The maximum atomic E-state index is 13.8. The van der Waals surface area contributed by atoms with Gasteiger partial charge in [0.1, 0.15) is 11.5 Å². The molecule has 0 N–H and O–H groups in total. The van der Waals surface area contributed by atoms with E-state index in [1.54, 1.807) is 27.7 Å². The maximum Gasteiger partial charge on any atom is 0.271 e. The van der Waals surface area contributed by atoms with E-state index in [1.165, 1.54) is 11.3 Å². The zero-order valence-corrected chi connectivity index (χ0v) is 24.2. The molecule has 1 aliphatic rings. The first-order valence-electron chi connectivity index (χ1n) is 12.2. The van der Waals surface area contributed by atoms with Crippen molar-refractivity contribution in [3.05, 3.63) is 112 Å². The topological polar surface area (TPSA) is 67.8 Å². The molecular formula is C29H25BrClN3O3S. The molecule has 0 fully saturated rings. The molecule has 38 heavy (non-hydrogen) atoms. The summed E-state index contributed by atoms with van der Waals surface area (Å²) in [7, 11) is 0. The summed E-state index contributed by atoms with van der Waals surface area (Å²) in [6.45, 7) is 6.82. The number of amides is 1. The van der Waals surface area contributed by atoms with Crippen molar-refractivity contribution in [2.75, 3.05) is 13.1 Å². The quantitative estimate of drug-likeness (QED) is 0.278. The van der Waals surface area contributed by atoms with E-state index >= 15 is 0 Å². The molecule has 2 aromatic carbocycles. The van der Waals surface area contributed by atoms with Crippen LogP contribution in [0.15, 0.2) is 90.6 Å². The zero-order chi connectivity index (χ0) is 27.0. The van der Waals surface area contributed by atoms with E-state index in [0.717, 1.165) is 15.6 Å². The lowest BCUT2D eigenvalue weighted by atomic mass is 9.94. The summed E-state index contributed by atoms with van der Waals surface area (Å²) in [5, 5.41) is 0.581. The molecule has 5 rings (SSSR count). The van der Waals surface area contributed by atoms with Gasteiger partial charge in [-0.15, -0.1) is 0 Å². The molecule has 2 aromatic heterocycles. The Balaban J connectivity index is 1.64. The Bertz CT molecular complexity index is 1710. The maximum absolute atomic E-state index is 13.8. The first-order chi connectivity index (χ1) is 18.3. The van der Waals surface area contributed by atoms with Crippen molar-refractivity contribution in [3.63, 3.8) is 0 Å². The van der Waals surface area contributed by atoms with Gasteiger partial charge in [0, 0.05) is 34.2 Å². The van der Waals surface area contributed by atoms with Crippen LogP contribution < -0.4 is 14.9 Å². The number of hydrogen-bond donors (Lipinski definition) is 0. The van der Waals surface area contributed by atoms with Gasteiger partial charge in [-0.3, -0.25) is 14.2 Å². The highest BCUT2D eigenvalue weighted by atomic mass is 79.9. The van der Waals surface area contributed by atoms with Gasteiger partial charge < -0.3 is 9.32 Å². The molecule has 0 aliphatic carbocycles. The minimum Gasteiger partial charge on any atom is -0.457 e. The molecule has 6 nitrogen and oxygen atoms in total. The molecule has 0 bridgehead atoms. The molecule has 1 atom stereocenters. The van der Waals surface area contributed by atoms with Gasteiger partial charge in [0.05, 0.1) is 21.8 Å². The van der Waals surface area contributed by atoms with Gasteiger partial charge >= 0.3 is 0 Å². The van der Waals surface area contributed by atoms with Crippen LogP contribution in [-0.2, 0) is 4.79 Å². The fourth-order valence-electron chi connectivity index (χ4n) is 4.57. The van der Waals surface area contributed by atoms with Crippen LogP contribution in [0.25, 0.3) is 17.4 Å². The molecule has 0 spiro atoms. The summed E-state index contributed by atoms with van der Waals surface area (Å²) >= 11 is 10.9. The van der Waals surface area contributed by atoms with E-state index in [2.05, 4.69) is 15.9 Å². The summed E-state index contributed by atoms with van der Waals surface area (Å²) in [4.78, 5) is 34.5. The number of aromatic nitrogens is 1. The van der Waals surface area contributed by atoms with E-state index in [4.69, 9.17) is 21.0 Å². The van der Waals surface area contributed by atoms with Gasteiger partial charge in [-0.25, -0.2) is 4.99 Å². The number of carbonyl (C=O) groups excluding carboxylic acids is 1. The van der Waals surface area contributed by atoms with Gasteiger partial charge in [-0.2, -0.15) is 0 Å². The normalized spacial score (nSPS) is 15.4. The number of carbonyl (C=O) groups is 1. The Hall–Kier alpha value is -3.20. The molecule has 3 heterocycles. The van der Waals surface area contributed by atoms with Crippen LogP contribution >= 0.6 is 38.9 Å². The smallest absolute Gasteiger partial charge is 0.271 e. The highest BCUT2D eigenvalue weighted by Gasteiger charge is 2.34. The number of thiazole rings is 1. The monoisotopic (exact) mass is 609 g/mol. The van der Waals surface area contributed by atoms with E-state index in [1.807, 2.05) is 69.3 Å². The Morgan fingerprint density at radius 3 is 2.45 bits per heavy atom. The lowest BCUT2D eigenvalue weighted by Gasteiger charge is -2.29. The average Bonchev–Trinajstić information content (AvgIpc) is 3.49. The Labute approximate surface area is 237 Å². The van der Waals surface area contributed by atoms with Crippen molar-refractivity contribution in [1.82, 2.24) is 9.47 Å². The molecule has 0 saturated carbocycles. The minimum atomic E-state index is -0.617. The molecule has 1 aliphatic heterocycles. The molecular weight excluding hydrogens is 586 g/mol. The summed E-state index contributed by atoms with van der Waals surface area (Å²) in [5.41, 5.74) is 2.60. The van der Waals surface area contributed by atoms with Crippen LogP contribution in [0.1, 0.15) is 38.1 Å². The minimum absolute atomic E-state index is 0.129. The molecule has 4 aromatic rings. The number of benzene rings is 2. The first-order valence-corrected chi connectivity index (χ1v) is 14.2. The number of nitrogens with zero attached hydrogens (tertiary/aromatic N) is 3. The third kappa shape index (κ3) is 4.96. The van der Waals surface area contributed by atoms with Crippen LogP contribution in [0.4, 0.5) is 0 Å². The van der Waals surface area contributed by atoms with Crippen LogP contribution in [0.5, 0.6) is 0 Å². The average molecular weight is 611 g/mol. The van der Waals surface area contributed by atoms with Crippen molar-refractivity contribution >= 4 is 50.9 Å². The third-order valence-electron chi connectivity index (χ3n) is 6.52. The van der Waals surface area contributed by atoms with Crippen LogP contribution in [-0.4, -0.2) is 28.5 Å². The van der Waals surface area contributed by atoms with Gasteiger partial charge in [-0.1, -0.05) is 63.1 Å². The first kappa shape index (κ1) is 26.4. The second-order valence-corrected chi connectivity index (χ2v) is 11.2. The van der Waals surface area contributed by atoms with Crippen molar-refractivity contribution in [2.45, 2.75) is 26.8 Å². The van der Waals surface area contributed by atoms with E-state index in [0.29, 0.717) is 50.2 Å². The van der Waals surface area contributed by atoms with Gasteiger partial charge in [-0.05, 0) is 62.7 Å². The van der Waals surface area contributed by atoms with Crippen molar-refractivity contribution in [3.8, 4) is 11.3 Å². The summed E-state index contributed by atoms with van der Waals surface area (Å²) in [5.74, 6) is 1.14. The van der Waals surface area contributed by atoms with Gasteiger partial charge in [0.25, 0.3) is 11.5 Å². The second-order valence-electron chi connectivity index (χ2n) is 8.82. The van der Waals surface area contributed by atoms with E-state index in [9.17, 15) is 9.59 Å². The van der Waals surface area contributed by atoms with Crippen LogP contribution in [0.3, 0.4) is 0 Å². The summed E-state index contributed by atoms with van der Waals surface area (Å²) in [6.07, 6.45) is 1.73. The summed E-state index contributed by atoms with van der Waals surface area (Å²) < 4.78 is 9.11. The molecule has 0 saturated heterocycles. The Kier molecular flexibility index (Phi) is 7.56. The van der Waals surface area contributed by atoms with Crippen LogP contribution in [0.2, 0.25) is 5.02 Å². The molecule has 9 heteroatoms. The molecule has 194 valence electrons. The van der Waals surface area contributed by atoms with Crippen LogP contribution in [0, 0.1) is 0 Å². The summed E-state index contributed by atoms with van der Waals surface area (Å²) in [6, 6.07) is 18.2. The Morgan fingerprint density at radius 2 is 1.79 bits per heavy atom. The predicted molar refractivity (Wildman–Crippen MR) is 155 cm³/mol.